The molecule has 27 heavy (non-hydrogen) atoms. The van der Waals surface area contributed by atoms with Gasteiger partial charge in [-0.25, -0.2) is 0 Å². The zero-order valence-corrected chi connectivity index (χ0v) is 15.6. The molecule has 2 aromatic rings. The molecule has 2 amide bonds. The smallest absolute Gasteiger partial charge is 0.260 e. The van der Waals surface area contributed by atoms with Gasteiger partial charge in [0.05, 0.1) is 6.20 Å². The van der Waals surface area contributed by atoms with Gasteiger partial charge < -0.3 is 14.5 Å². The van der Waals surface area contributed by atoms with E-state index in [0.717, 1.165) is 12.0 Å². The molecule has 0 radical (unpaired) electrons. The third-order valence-electron chi connectivity index (χ3n) is 4.80. The van der Waals surface area contributed by atoms with Crippen molar-refractivity contribution in [2.24, 2.45) is 0 Å². The van der Waals surface area contributed by atoms with E-state index < -0.39 is 0 Å². The number of hydrogen-bond acceptors (Lipinski definition) is 4. The number of amides is 2. The van der Waals surface area contributed by atoms with Crippen molar-refractivity contribution in [1.82, 2.24) is 14.8 Å². The van der Waals surface area contributed by atoms with Crippen molar-refractivity contribution >= 4 is 11.8 Å². The molecule has 0 bridgehead atoms. The molecular weight excluding hydrogens is 342 g/mol. The number of nitrogens with zero attached hydrogens (tertiary/aromatic N) is 3. The van der Waals surface area contributed by atoms with E-state index in [0.29, 0.717) is 31.8 Å². The fourth-order valence-electron chi connectivity index (χ4n) is 3.26. The molecule has 1 saturated heterocycles. The van der Waals surface area contributed by atoms with Crippen LogP contribution in [0, 0.1) is 0 Å². The van der Waals surface area contributed by atoms with Crippen LogP contribution in [0.2, 0.25) is 0 Å². The normalized spacial score (nSPS) is 17.5. The topological polar surface area (TPSA) is 62.7 Å². The Kier molecular flexibility index (Phi) is 6.41. The highest BCUT2D eigenvalue weighted by Gasteiger charge is 2.30. The van der Waals surface area contributed by atoms with Crippen LogP contribution in [-0.4, -0.2) is 52.3 Å². The summed E-state index contributed by atoms with van der Waals surface area (Å²) in [6, 6.07) is 13.5. The largest absolute Gasteiger partial charge is 0.482 e. The fraction of sp³-hybridized carbons (Fsp3) is 0.381. The van der Waals surface area contributed by atoms with E-state index in [1.54, 1.807) is 29.4 Å². The van der Waals surface area contributed by atoms with E-state index in [1.807, 2.05) is 35.2 Å². The van der Waals surface area contributed by atoms with Crippen LogP contribution in [0.15, 0.2) is 54.9 Å². The lowest BCUT2D eigenvalue weighted by molar-refractivity contribution is -0.134. The van der Waals surface area contributed by atoms with Crippen molar-refractivity contribution in [3.63, 3.8) is 0 Å². The van der Waals surface area contributed by atoms with Gasteiger partial charge in [0.15, 0.2) is 6.61 Å². The Hall–Kier alpha value is -2.89. The number of ether oxygens (including phenoxy) is 1. The van der Waals surface area contributed by atoms with E-state index in [9.17, 15) is 9.59 Å². The maximum absolute atomic E-state index is 12.7. The van der Waals surface area contributed by atoms with Crippen LogP contribution < -0.4 is 4.74 Å². The van der Waals surface area contributed by atoms with Crippen molar-refractivity contribution in [3.8, 4) is 5.75 Å². The maximum atomic E-state index is 12.7. The minimum Gasteiger partial charge on any atom is -0.482 e. The first kappa shape index (κ1) is 18.9. The Morgan fingerprint density at radius 1 is 1.22 bits per heavy atom. The van der Waals surface area contributed by atoms with Crippen LogP contribution in [0.4, 0.5) is 0 Å². The molecule has 1 aliphatic heterocycles. The number of rotatable bonds is 6. The van der Waals surface area contributed by atoms with Crippen LogP contribution in [0.1, 0.15) is 25.3 Å². The molecule has 0 aliphatic carbocycles. The molecule has 6 nitrogen and oxygen atoms in total. The van der Waals surface area contributed by atoms with Gasteiger partial charge >= 0.3 is 0 Å². The molecule has 0 N–H and O–H groups in total. The van der Waals surface area contributed by atoms with Crippen LogP contribution in [-0.2, 0) is 16.1 Å². The summed E-state index contributed by atoms with van der Waals surface area (Å²) in [5, 5.41) is 0. The molecule has 1 atom stereocenters. The molecule has 1 aliphatic rings. The van der Waals surface area contributed by atoms with Crippen molar-refractivity contribution < 1.29 is 14.3 Å². The number of carbonyl (C=O) groups is 2. The predicted molar refractivity (Wildman–Crippen MR) is 102 cm³/mol. The zero-order chi connectivity index (χ0) is 19.1. The summed E-state index contributed by atoms with van der Waals surface area (Å²) in [4.78, 5) is 32.9. The highest BCUT2D eigenvalue weighted by Crippen LogP contribution is 2.18. The minimum absolute atomic E-state index is 0.00236. The Morgan fingerprint density at radius 2 is 2.04 bits per heavy atom. The van der Waals surface area contributed by atoms with Gasteiger partial charge in [-0.15, -0.1) is 0 Å². The van der Waals surface area contributed by atoms with Gasteiger partial charge in [0, 0.05) is 38.3 Å². The molecule has 3 rings (SSSR count). The summed E-state index contributed by atoms with van der Waals surface area (Å²) < 4.78 is 5.53. The van der Waals surface area contributed by atoms with Crippen LogP contribution in [0.5, 0.6) is 5.75 Å². The number of carbonyl (C=O) groups excluding carboxylic acids is 2. The summed E-state index contributed by atoms with van der Waals surface area (Å²) in [5.41, 5.74) is 1.10. The minimum atomic E-state index is -0.105. The van der Waals surface area contributed by atoms with Crippen LogP contribution >= 0.6 is 0 Å². The van der Waals surface area contributed by atoms with Gasteiger partial charge in [-0.3, -0.25) is 14.6 Å². The molecular formula is C21H25N3O3. The summed E-state index contributed by atoms with van der Waals surface area (Å²) in [6.07, 6.45) is 4.37. The van der Waals surface area contributed by atoms with E-state index in [4.69, 9.17) is 4.74 Å². The Labute approximate surface area is 159 Å². The van der Waals surface area contributed by atoms with E-state index in [1.165, 1.54) is 0 Å². The molecule has 1 aromatic carbocycles. The van der Waals surface area contributed by atoms with Crippen LogP contribution in [0.25, 0.3) is 0 Å². The third-order valence-corrected chi connectivity index (χ3v) is 4.80. The van der Waals surface area contributed by atoms with Gasteiger partial charge in [0.2, 0.25) is 5.91 Å². The second kappa shape index (κ2) is 9.16. The van der Waals surface area contributed by atoms with E-state index in [2.05, 4.69) is 11.9 Å². The van der Waals surface area contributed by atoms with Crippen molar-refractivity contribution in [3.05, 3.63) is 60.4 Å². The van der Waals surface area contributed by atoms with Crippen molar-refractivity contribution in [2.45, 2.75) is 32.4 Å². The molecule has 2 heterocycles. The highest BCUT2D eigenvalue weighted by molar-refractivity contribution is 5.81. The molecule has 0 spiro atoms. The van der Waals surface area contributed by atoms with E-state index in [-0.39, 0.29) is 24.5 Å². The maximum Gasteiger partial charge on any atom is 0.260 e. The molecule has 1 fully saturated rings. The summed E-state index contributed by atoms with van der Waals surface area (Å²) in [6.45, 7) is 3.54. The zero-order valence-electron chi connectivity index (χ0n) is 15.6. The van der Waals surface area contributed by atoms with Crippen molar-refractivity contribution in [1.29, 1.82) is 0 Å². The number of hydrogen-bond donors (Lipinski definition) is 0. The second-order valence-corrected chi connectivity index (χ2v) is 6.64. The first-order valence-corrected chi connectivity index (χ1v) is 9.31. The Balaban J connectivity index is 1.64. The molecule has 1 unspecified atom stereocenters. The summed E-state index contributed by atoms with van der Waals surface area (Å²) >= 11 is 0. The number of aromatic nitrogens is 1. The quantitative estimate of drug-likeness (QED) is 0.787. The van der Waals surface area contributed by atoms with Crippen molar-refractivity contribution in [2.75, 3.05) is 19.7 Å². The van der Waals surface area contributed by atoms with Crippen LogP contribution in [0.3, 0.4) is 0 Å². The van der Waals surface area contributed by atoms with Gasteiger partial charge in [-0.05, 0) is 24.1 Å². The molecule has 142 valence electrons. The average Bonchev–Trinajstić information content (AvgIpc) is 2.87. The predicted octanol–water partition coefficient (Wildman–Crippen LogP) is 2.50. The van der Waals surface area contributed by atoms with Gasteiger partial charge in [-0.1, -0.05) is 37.3 Å². The SMILES string of the molecule is CCC1CN(C(=O)COc2cccnc2)CCC(=O)N1Cc1ccccc1. The standard InChI is InChI=1S/C21H25N3O3/c1-2-18-15-23(21(26)16-27-19-9-6-11-22-13-19)12-10-20(25)24(18)14-17-7-4-3-5-8-17/h3-9,11,13,18H,2,10,12,14-16H2,1H3. The van der Waals surface area contributed by atoms with Gasteiger partial charge in [0.25, 0.3) is 5.91 Å². The highest BCUT2D eigenvalue weighted by atomic mass is 16.5. The lowest BCUT2D eigenvalue weighted by Crippen LogP contribution is -2.44. The number of benzene rings is 1. The summed E-state index contributed by atoms with van der Waals surface area (Å²) in [7, 11) is 0. The van der Waals surface area contributed by atoms with Gasteiger partial charge in [0.1, 0.15) is 5.75 Å². The molecule has 0 saturated carbocycles. The first-order chi connectivity index (χ1) is 13.2. The monoisotopic (exact) mass is 367 g/mol. The molecule has 6 heteroatoms. The van der Waals surface area contributed by atoms with Gasteiger partial charge in [-0.2, -0.15) is 0 Å². The second-order valence-electron chi connectivity index (χ2n) is 6.64. The molecule has 1 aromatic heterocycles. The lowest BCUT2D eigenvalue weighted by atomic mass is 10.1. The first-order valence-electron chi connectivity index (χ1n) is 9.31. The lowest BCUT2D eigenvalue weighted by Gasteiger charge is -2.31. The Bertz CT molecular complexity index is 752. The summed E-state index contributed by atoms with van der Waals surface area (Å²) in [5.74, 6) is 0.551. The average molecular weight is 367 g/mol. The fourth-order valence-corrected chi connectivity index (χ4v) is 3.26. The Morgan fingerprint density at radius 3 is 2.74 bits per heavy atom. The third kappa shape index (κ3) is 5.06. The number of pyridine rings is 1. The van der Waals surface area contributed by atoms with E-state index >= 15 is 0 Å².